The average Bonchev–Trinajstić information content (AvgIpc) is 3.15. The van der Waals surface area contributed by atoms with Gasteiger partial charge in [0.1, 0.15) is 18.5 Å². The fraction of sp³-hybridized carbons (Fsp3) is 0.556. The molecule has 0 bridgehead atoms. The molecule has 0 spiro atoms. The highest BCUT2D eigenvalue weighted by Gasteiger charge is 2.52. The maximum atomic E-state index is 13.7. The number of rotatable bonds is 12. The molecule has 1 atom stereocenters. The molecule has 2 aromatic rings. The smallest absolute Gasteiger partial charge is 0.368 e. The van der Waals surface area contributed by atoms with Gasteiger partial charge in [-0.05, 0) is 30.5 Å². The van der Waals surface area contributed by atoms with E-state index in [0.29, 0.717) is 12.8 Å². The number of hydrogen-bond donors (Lipinski definition) is 1. The normalized spacial score (nSPS) is 14.2. The van der Waals surface area contributed by atoms with Crippen molar-refractivity contribution in [2.45, 2.75) is 51.4 Å². The van der Waals surface area contributed by atoms with Gasteiger partial charge < -0.3 is 14.2 Å². The van der Waals surface area contributed by atoms with Crippen molar-refractivity contribution in [1.29, 1.82) is 0 Å². The molecule has 9 heteroatoms. The largest absolute Gasteiger partial charge is 0.372 e. The minimum Gasteiger partial charge on any atom is -0.372 e. The Kier molecular flexibility index (Phi) is 8.10. The first-order valence-electron chi connectivity index (χ1n) is 9.15. The first kappa shape index (κ1) is 21.7. The van der Waals surface area contributed by atoms with Gasteiger partial charge in [-0.2, -0.15) is 5.10 Å². The molecule has 1 aromatic heterocycles. The Labute approximate surface area is 159 Å². The number of unbranched alkanes of at least 4 members (excludes halogenated alkanes) is 2. The zero-order chi connectivity index (χ0) is 19.8. The Bertz CT molecular complexity index is 713. The van der Waals surface area contributed by atoms with Gasteiger partial charge in [0.05, 0.1) is 19.8 Å². The molecule has 0 fully saturated rings. The van der Waals surface area contributed by atoms with Crippen LogP contribution in [0.5, 0.6) is 0 Å². The fourth-order valence-electron chi connectivity index (χ4n) is 2.50. The molecule has 1 heterocycles. The molecule has 27 heavy (non-hydrogen) atoms. The number of benzene rings is 1. The molecule has 150 valence electrons. The van der Waals surface area contributed by atoms with E-state index in [1.54, 1.807) is 0 Å². The first-order valence-corrected chi connectivity index (χ1v) is 10.7. The molecule has 0 aliphatic rings. The number of aliphatic hydroxyl groups is 1. The van der Waals surface area contributed by atoms with Gasteiger partial charge in [0.15, 0.2) is 0 Å². The Hall–Kier alpha value is -1.60. The van der Waals surface area contributed by atoms with Crippen molar-refractivity contribution < 1.29 is 23.1 Å². The van der Waals surface area contributed by atoms with Crippen LogP contribution < -0.4 is 0 Å². The van der Waals surface area contributed by atoms with Crippen LogP contribution in [0.1, 0.15) is 45.1 Å². The molecule has 0 aliphatic carbocycles. The lowest BCUT2D eigenvalue weighted by molar-refractivity contribution is 0.0445. The number of hydrogen-bond acceptors (Lipinski definition) is 6. The second kappa shape index (κ2) is 10.1. The van der Waals surface area contributed by atoms with Crippen LogP contribution in [-0.2, 0) is 25.5 Å². The maximum absolute atomic E-state index is 13.7. The summed E-state index contributed by atoms with van der Waals surface area (Å²) in [6.07, 6.45) is 5.73. The van der Waals surface area contributed by atoms with Crippen molar-refractivity contribution in [2.75, 3.05) is 13.2 Å². The van der Waals surface area contributed by atoms with E-state index in [1.807, 2.05) is 13.8 Å². The predicted octanol–water partition coefficient (Wildman–Crippen LogP) is 4.09. The van der Waals surface area contributed by atoms with Crippen molar-refractivity contribution in [3.8, 4) is 0 Å². The molecule has 0 radical (unpaired) electrons. The van der Waals surface area contributed by atoms with Crippen LogP contribution in [0.15, 0.2) is 36.9 Å². The highest BCUT2D eigenvalue weighted by molar-refractivity contribution is 7.54. The third-order valence-corrected chi connectivity index (χ3v) is 6.48. The van der Waals surface area contributed by atoms with Gasteiger partial charge in [-0.1, -0.05) is 38.8 Å². The van der Waals surface area contributed by atoms with Gasteiger partial charge in [0, 0.05) is 0 Å². The van der Waals surface area contributed by atoms with Gasteiger partial charge in [-0.15, -0.1) is 0 Å². The predicted molar refractivity (Wildman–Crippen MR) is 99.6 cm³/mol. The summed E-state index contributed by atoms with van der Waals surface area (Å²) in [7, 11) is -4.03. The van der Waals surface area contributed by atoms with E-state index in [9.17, 15) is 14.1 Å². The first-order chi connectivity index (χ1) is 12.9. The molecule has 7 nitrogen and oxygen atoms in total. The zero-order valence-electron chi connectivity index (χ0n) is 15.8. The number of halogens is 1. The summed E-state index contributed by atoms with van der Waals surface area (Å²) >= 11 is 0. The second-order valence-corrected chi connectivity index (χ2v) is 8.54. The minimum atomic E-state index is -4.03. The molecule has 1 aromatic carbocycles. The van der Waals surface area contributed by atoms with Crippen molar-refractivity contribution in [1.82, 2.24) is 14.8 Å². The summed E-state index contributed by atoms with van der Waals surface area (Å²) < 4.78 is 39.8. The second-order valence-electron chi connectivity index (χ2n) is 6.29. The highest BCUT2D eigenvalue weighted by atomic mass is 31.2. The van der Waals surface area contributed by atoms with E-state index < -0.39 is 18.8 Å². The van der Waals surface area contributed by atoms with Crippen molar-refractivity contribution in [2.24, 2.45) is 0 Å². The summed E-state index contributed by atoms with van der Waals surface area (Å²) in [4.78, 5) is 3.86. The molecule has 1 N–H and O–H groups in total. The Morgan fingerprint density at radius 1 is 1.15 bits per heavy atom. The minimum absolute atomic E-state index is 0.181. The SMILES string of the molecule is CCCCOP(=O)(OCCCC)C(O)(Cn1cncn1)c1ccc(F)cc1. The monoisotopic (exact) mass is 399 g/mol. The summed E-state index contributed by atoms with van der Waals surface area (Å²) in [6.45, 7) is 4.12. The summed E-state index contributed by atoms with van der Waals surface area (Å²) in [5, 5.41) is 13.5. The lowest BCUT2D eigenvalue weighted by Crippen LogP contribution is -2.34. The van der Waals surface area contributed by atoms with Crippen molar-refractivity contribution >= 4 is 7.60 Å². The van der Waals surface area contributed by atoms with Crippen molar-refractivity contribution in [3.05, 3.63) is 48.3 Å². The quantitative estimate of drug-likeness (QED) is 0.427. The van der Waals surface area contributed by atoms with E-state index in [2.05, 4.69) is 10.1 Å². The van der Waals surface area contributed by atoms with Crippen LogP contribution in [0.25, 0.3) is 0 Å². The standard InChI is InChI=1S/C18H27FN3O4P/c1-3-5-11-25-27(24,26-12-6-4-2)18(23,13-22-15-20-14-21-22)16-7-9-17(19)10-8-16/h7-10,14-15,23H,3-6,11-13H2,1-2H3. The van der Waals surface area contributed by atoms with Gasteiger partial charge in [-0.3, -0.25) is 4.57 Å². The van der Waals surface area contributed by atoms with E-state index in [-0.39, 0.29) is 25.3 Å². The Balaban J connectivity index is 2.43. The van der Waals surface area contributed by atoms with Gasteiger partial charge in [0.2, 0.25) is 5.34 Å². The molecule has 2 rings (SSSR count). The van der Waals surface area contributed by atoms with E-state index in [0.717, 1.165) is 12.8 Å². The van der Waals surface area contributed by atoms with E-state index >= 15 is 0 Å². The summed E-state index contributed by atoms with van der Waals surface area (Å²) in [5.74, 6) is -0.463. The Morgan fingerprint density at radius 3 is 2.22 bits per heavy atom. The lowest BCUT2D eigenvalue weighted by atomic mass is 10.1. The molecule has 0 aliphatic heterocycles. The van der Waals surface area contributed by atoms with Gasteiger partial charge >= 0.3 is 7.60 Å². The van der Waals surface area contributed by atoms with Crippen LogP contribution in [-0.4, -0.2) is 33.1 Å². The average molecular weight is 399 g/mol. The summed E-state index contributed by atoms with van der Waals surface area (Å²) in [5.41, 5.74) is 0.232. The zero-order valence-corrected chi connectivity index (χ0v) is 16.6. The van der Waals surface area contributed by atoms with Crippen LogP contribution >= 0.6 is 7.60 Å². The van der Waals surface area contributed by atoms with Crippen LogP contribution in [0.4, 0.5) is 4.39 Å². The molecular formula is C18H27FN3O4P. The highest BCUT2D eigenvalue weighted by Crippen LogP contribution is 2.64. The van der Waals surface area contributed by atoms with Crippen LogP contribution in [0, 0.1) is 5.82 Å². The Morgan fingerprint density at radius 2 is 1.74 bits per heavy atom. The third kappa shape index (κ3) is 5.45. The van der Waals surface area contributed by atoms with E-state index in [1.165, 1.54) is 41.6 Å². The summed E-state index contributed by atoms with van der Waals surface area (Å²) in [6, 6.07) is 5.16. The maximum Gasteiger partial charge on any atom is 0.368 e. The molecule has 0 saturated heterocycles. The van der Waals surface area contributed by atoms with Gasteiger partial charge in [-0.25, -0.2) is 14.1 Å². The molecular weight excluding hydrogens is 372 g/mol. The third-order valence-electron chi connectivity index (χ3n) is 4.13. The lowest BCUT2D eigenvalue weighted by Gasteiger charge is -2.35. The molecule has 1 unspecified atom stereocenters. The molecule has 0 saturated carbocycles. The number of aromatic nitrogens is 3. The molecule has 0 amide bonds. The van der Waals surface area contributed by atoms with Gasteiger partial charge in [0.25, 0.3) is 0 Å². The van der Waals surface area contributed by atoms with Crippen LogP contribution in [0.3, 0.4) is 0 Å². The fourth-order valence-corrected chi connectivity index (χ4v) is 4.53. The number of nitrogens with zero attached hydrogens (tertiary/aromatic N) is 3. The van der Waals surface area contributed by atoms with E-state index in [4.69, 9.17) is 9.05 Å². The van der Waals surface area contributed by atoms with Crippen LogP contribution in [0.2, 0.25) is 0 Å². The van der Waals surface area contributed by atoms with Crippen molar-refractivity contribution in [3.63, 3.8) is 0 Å². The topological polar surface area (TPSA) is 86.5 Å².